The Labute approximate surface area is 134 Å². The van der Waals surface area contributed by atoms with E-state index < -0.39 is 0 Å². The standard InChI is InChI=1S/C16H28N2O2.ClH/c1-11-7-8-18(10-15(11)20-2)16(19)14-9-12-5-3-4-6-13(12)17-14;/h11-15,17H,3-10H2,1-2H3;1H. The molecule has 3 fully saturated rings. The van der Waals surface area contributed by atoms with Crippen molar-refractivity contribution >= 4 is 18.3 Å². The SMILES string of the molecule is COC1CN(C(=O)C2CC3CCCCC3N2)CCC1C.Cl. The largest absolute Gasteiger partial charge is 0.379 e. The van der Waals surface area contributed by atoms with Crippen molar-refractivity contribution in [3.8, 4) is 0 Å². The van der Waals surface area contributed by atoms with Gasteiger partial charge in [0.2, 0.25) is 5.91 Å². The Kier molecular flexibility index (Phi) is 5.92. The number of nitrogens with one attached hydrogen (secondary N) is 1. The first-order chi connectivity index (χ1) is 9.69. The second kappa shape index (κ2) is 7.30. The molecule has 2 heterocycles. The van der Waals surface area contributed by atoms with E-state index in [0.717, 1.165) is 31.8 Å². The molecule has 1 aliphatic carbocycles. The van der Waals surface area contributed by atoms with Crippen molar-refractivity contribution in [2.75, 3.05) is 20.2 Å². The van der Waals surface area contributed by atoms with Crippen LogP contribution >= 0.6 is 12.4 Å². The fourth-order valence-corrected chi connectivity index (χ4v) is 4.27. The molecule has 0 aromatic heterocycles. The van der Waals surface area contributed by atoms with Gasteiger partial charge in [-0.1, -0.05) is 19.8 Å². The fraction of sp³-hybridized carbons (Fsp3) is 0.938. The topological polar surface area (TPSA) is 41.6 Å². The number of methoxy groups -OCH3 is 1. The van der Waals surface area contributed by atoms with Gasteiger partial charge in [-0.2, -0.15) is 0 Å². The Bertz CT molecular complexity index is 348. The van der Waals surface area contributed by atoms with E-state index in [1.165, 1.54) is 25.7 Å². The van der Waals surface area contributed by atoms with Crippen LogP contribution in [0.15, 0.2) is 0 Å². The Balaban J connectivity index is 0.00000161. The number of likely N-dealkylation sites (tertiary alicyclic amines) is 1. The zero-order valence-electron chi connectivity index (χ0n) is 13.2. The Hall–Kier alpha value is -0.320. The smallest absolute Gasteiger partial charge is 0.239 e. The predicted octanol–water partition coefficient (Wildman–Crippen LogP) is 2.21. The highest BCUT2D eigenvalue weighted by Gasteiger charge is 2.41. The lowest BCUT2D eigenvalue weighted by Gasteiger charge is -2.37. The molecule has 2 aliphatic heterocycles. The molecule has 4 nitrogen and oxygen atoms in total. The van der Waals surface area contributed by atoms with Gasteiger partial charge >= 0.3 is 0 Å². The number of carbonyl (C=O) groups is 1. The number of halogens is 1. The number of hydrogen-bond donors (Lipinski definition) is 1. The highest BCUT2D eigenvalue weighted by molar-refractivity contribution is 5.85. The van der Waals surface area contributed by atoms with E-state index in [-0.39, 0.29) is 24.6 Å². The summed E-state index contributed by atoms with van der Waals surface area (Å²) >= 11 is 0. The van der Waals surface area contributed by atoms with E-state index in [1.54, 1.807) is 7.11 Å². The molecule has 5 atom stereocenters. The van der Waals surface area contributed by atoms with Gasteiger partial charge in [-0.05, 0) is 37.5 Å². The quantitative estimate of drug-likeness (QED) is 0.849. The van der Waals surface area contributed by atoms with Crippen molar-refractivity contribution < 1.29 is 9.53 Å². The first kappa shape index (κ1) is 17.0. The van der Waals surface area contributed by atoms with Crippen LogP contribution in [0, 0.1) is 11.8 Å². The van der Waals surface area contributed by atoms with Crippen molar-refractivity contribution in [2.24, 2.45) is 11.8 Å². The molecule has 1 saturated carbocycles. The van der Waals surface area contributed by atoms with Gasteiger partial charge in [0.15, 0.2) is 0 Å². The molecule has 122 valence electrons. The van der Waals surface area contributed by atoms with Gasteiger partial charge in [0.05, 0.1) is 12.1 Å². The summed E-state index contributed by atoms with van der Waals surface area (Å²) in [4.78, 5) is 14.8. The molecular formula is C16H29ClN2O2. The Morgan fingerprint density at radius 3 is 2.71 bits per heavy atom. The minimum absolute atomic E-state index is 0. The molecule has 5 heteroatoms. The number of amides is 1. The number of piperidine rings is 1. The van der Waals surface area contributed by atoms with E-state index in [1.807, 2.05) is 4.90 Å². The van der Waals surface area contributed by atoms with Crippen LogP contribution in [0.25, 0.3) is 0 Å². The summed E-state index contributed by atoms with van der Waals surface area (Å²) in [5, 5.41) is 3.60. The van der Waals surface area contributed by atoms with E-state index in [2.05, 4.69) is 12.2 Å². The molecule has 2 saturated heterocycles. The lowest BCUT2D eigenvalue weighted by molar-refractivity contribution is -0.138. The van der Waals surface area contributed by atoms with E-state index in [0.29, 0.717) is 17.9 Å². The van der Waals surface area contributed by atoms with Gasteiger partial charge in [0.1, 0.15) is 0 Å². The van der Waals surface area contributed by atoms with E-state index >= 15 is 0 Å². The highest BCUT2D eigenvalue weighted by atomic mass is 35.5. The molecule has 3 rings (SSSR count). The van der Waals surface area contributed by atoms with Crippen molar-refractivity contribution in [3.05, 3.63) is 0 Å². The van der Waals surface area contributed by atoms with Crippen molar-refractivity contribution in [1.29, 1.82) is 0 Å². The lowest BCUT2D eigenvalue weighted by atomic mass is 9.85. The third-order valence-corrected chi connectivity index (χ3v) is 5.66. The minimum atomic E-state index is 0. The van der Waals surface area contributed by atoms with Crippen molar-refractivity contribution in [1.82, 2.24) is 10.2 Å². The zero-order valence-corrected chi connectivity index (χ0v) is 14.0. The number of ether oxygens (including phenoxy) is 1. The maximum Gasteiger partial charge on any atom is 0.239 e. The summed E-state index contributed by atoms with van der Waals surface area (Å²) in [6.07, 6.45) is 7.54. The summed E-state index contributed by atoms with van der Waals surface area (Å²) in [6.45, 7) is 3.88. The number of carbonyl (C=O) groups excluding carboxylic acids is 1. The summed E-state index contributed by atoms with van der Waals surface area (Å²) in [5.74, 6) is 1.61. The summed E-state index contributed by atoms with van der Waals surface area (Å²) in [5.41, 5.74) is 0. The van der Waals surface area contributed by atoms with Gasteiger partial charge in [-0.15, -0.1) is 12.4 Å². The first-order valence-electron chi connectivity index (χ1n) is 8.26. The summed E-state index contributed by atoms with van der Waals surface area (Å²) in [6, 6.07) is 0.661. The lowest BCUT2D eigenvalue weighted by Crippen LogP contribution is -2.52. The highest BCUT2D eigenvalue weighted by Crippen LogP contribution is 2.34. The average Bonchev–Trinajstić information content (AvgIpc) is 2.91. The molecule has 0 spiro atoms. The molecule has 1 amide bonds. The van der Waals surface area contributed by atoms with E-state index in [4.69, 9.17) is 4.74 Å². The number of hydrogen-bond acceptors (Lipinski definition) is 3. The monoisotopic (exact) mass is 316 g/mol. The van der Waals surface area contributed by atoms with Gasteiger partial charge < -0.3 is 15.0 Å². The van der Waals surface area contributed by atoms with Crippen LogP contribution < -0.4 is 5.32 Å². The predicted molar refractivity (Wildman–Crippen MR) is 85.7 cm³/mol. The molecule has 0 aromatic rings. The second-order valence-corrected chi connectivity index (χ2v) is 6.93. The molecule has 3 aliphatic rings. The molecule has 0 bridgehead atoms. The van der Waals surface area contributed by atoms with Crippen LogP contribution in [-0.2, 0) is 9.53 Å². The zero-order chi connectivity index (χ0) is 14.1. The Morgan fingerprint density at radius 1 is 1.24 bits per heavy atom. The fourth-order valence-electron chi connectivity index (χ4n) is 4.27. The van der Waals surface area contributed by atoms with Crippen LogP contribution in [0.5, 0.6) is 0 Å². The molecule has 0 radical (unpaired) electrons. The van der Waals surface area contributed by atoms with Gasteiger partial charge in [-0.3, -0.25) is 4.79 Å². The van der Waals surface area contributed by atoms with Gasteiger partial charge in [-0.25, -0.2) is 0 Å². The van der Waals surface area contributed by atoms with E-state index in [9.17, 15) is 4.79 Å². The molecule has 1 N–H and O–H groups in total. The van der Waals surface area contributed by atoms with Crippen LogP contribution in [-0.4, -0.2) is 49.2 Å². The molecule has 21 heavy (non-hydrogen) atoms. The second-order valence-electron chi connectivity index (χ2n) is 6.93. The summed E-state index contributed by atoms with van der Waals surface area (Å²) in [7, 11) is 1.76. The third kappa shape index (κ3) is 3.54. The normalized spacial score (nSPS) is 39.5. The van der Waals surface area contributed by atoms with Crippen molar-refractivity contribution in [2.45, 2.75) is 63.6 Å². The molecule has 5 unspecified atom stereocenters. The third-order valence-electron chi connectivity index (χ3n) is 5.66. The summed E-state index contributed by atoms with van der Waals surface area (Å²) < 4.78 is 5.53. The Morgan fingerprint density at radius 2 is 2.00 bits per heavy atom. The van der Waals surface area contributed by atoms with Crippen LogP contribution in [0.3, 0.4) is 0 Å². The van der Waals surface area contributed by atoms with Gasteiger partial charge in [0, 0.05) is 26.2 Å². The van der Waals surface area contributed by atoms with Crippen molar-refractivity contribution in [3.63, 3.8) is 0 Å². The van der Waals surface area contributed by atoms with Crippen LogP contribution in [0.2, 0.25) is 0 Å². The number of fused-ring (bicyclic) bond motifs is 1. The maximum absolute atomic E-state index is 12.7. The number of nitrogens with zero attached hydrogens (tertiary/aromatic N) is 1. The molecular weight excluding hydrogens is 288 g/mol. The molecule has 0 aromatic carbocycles. The number of rotatable bonds is 2. The average molecular weight is 317 g/mol. The van der Waals surface area contributed by atoms with Gasteiger partial charge in [0.25, 0.3) is 0 Å². The first-order valence-corrected chi connectivity index (χ1v) is 8.26. The maximum atomic E-state index is 12.7. The van der Waals surface area contributed by atoms with Crippen LogP contribution in [0.1, 0.15) is 45.4 Å². The van der Waals surface area contributed by atoms with Crippen LogP contribution in [0.4, 0.5) is 0 Å². The minimum Gasteiger partial charge on any atom is -0.379 e.